The number of rotatable bonds is 7. The molecule has 0 saturated carbocycles. The number of thiophene rings is 1. The van der Waals surface area contributed by atoms with Gasteiger partial charge in [0.2, 0.25) is 5.91 Å². The molecule has 2 aromatic carbocycles. The minimum absolute atomic E-state index is 0.243. The SMILES string of the molecule is CCC(C(=O)NCc1cccc(OC)c1OC)n1nc(C)c2sc3ccccc3c2c1=O. The fourth-order valence-corrected chi connectivity index (χ4v) is 5.09. The standard InChI is InChI=1S/C24H25N3O4S/c1-5-17(23(28)25-13-15-9-8-11-18(30-3)21(15)31-4)27-24(29)20-16-10-6-7-12-19(16)32-22(20)14(2)26-27/h6-12,17H,5,13H2,1-4H3,(H,25,28). The molecule has 1 atom stereocenters. The molecule has 0 aliphatic carbocycles. The van der Waals surface area contributed by atoms with Crippen LogP contribution in [0.5, 0.6) is 11.5 Å². The summed E-state index contributed by atoms with van der Waals surface area (Å²) >= 11 is 1.55. The Morgan fingerprint density at radius 3 is 2.66 bits per heavy atom. The first kappa shape index (κ1) is 21.8. The second kappa shape index (κ2) is 9.00. The second-order valence-electron chi connectivity index (χ2n) is 7.43. The van der Waals surface area contributed by atoms with E-state index in [9.17, 15) is 9.59 Å². The molecule has 2 aromatic heterocycles. The lowest BCUT2D eigenvalue weighted by Gasteiger charge is -2.18. The van der Waals surface area contributed by atoms with Gasteiger partial charge in [-0.2, -0.15) is 5.10 Å². The summed E-state index contributed by atoms with van der Waals surface area (Å²) in [5, 5.41) is 8.96. The van der Waals surface area contributed by atoms with Gasteiger partial charge in [-0.05, 0) is 25.5 Å². The highest BCUT2D eigenvalue weighted by molar-refractivity contribution is 7.26. The van der Waals surface area contributed by atoms with Gasteiger partial charge in [-0.3, -0.25) is 9.59 Å². The Hall–Kier alpha value is -3.39. The molecular formula is C24H25N3O4S. The molecule has 4 rings (SSSR count). The van der Waals surface area contributed by atoms with Crippen molar-refractivity contribution in [2.75, 3.05) is 14.2 Å². The maximum atomic E-state index is 13.4. The fraction of sp³-hybridized carbons (Fsp3) is 0.292. The largest absolute Gasteiger partial charge is 0.493 e. The molecule has 0 spiro atoms. The summed E-state index contributed by atoms with van der Waals surface area (Å²) in [6.45, 7) is 3.99. The highest BCUT2D eigenvalue weighted by atomic mass is 32.1. The van der Waals surface area contributed by atoms with Gasteiger partial charge in [-0.1, -0.05) is 37.3 Å². The van der Waals surface area contributed by atoms with Crippen LogP contribution in [0.4, 0.5) is 0 Å². The van der Waals surface area contributed by atoms with E-state index >= 15 is 0 Å². The lowest BCUT2D eigenvalue weighted by Crippen LogP contribution is -2.38. The summed E-state index contributed by atoms with van der Waals surface area (Å²) in [7, 11) is 3.13. The zero-order chi connectivity index (χ0) is 22.8. The minimum Gasteiger partial charge on any atom is -0.493 e. The van der Waals surface area contributed by atoms with Crippen LogP contribution in [-0.2, 0) is 11.3 Å². The summed E-state index contributed by atoms with van der Waals surface area (Å²) < 4.78 is 14.0. The average molecular weight is 452 g/mol. The number of carbonyl (C=O) groups is 1. The van der Waals surface area contributed by atoms with Crippen molar-refractivity contribution in [3.63, 3.8) is 0 Å². The molecule has 166 valence electrons. The molecule has 4 aromatic rings. The smallest absolute Gasteiger partial charge is 0.276 e. The quantitative estimate of drug-likeness (QED) is 0.455. The third kappa shape index (κ3) is 3.71. The van der Waals surface area contributed by atoms with Crippen LogP contribution in [0.2, 0.25) is 0 Å². The molecule has 1 amide bonds. The molecule has 32 heavy (non-hydrogen) atoms. The van der Waals surface area contributed by atoms with Crippen molar-refractivity contribution in [3.8, 4) is 11.5 Å². The van der Waals surface area contributed by atoms with E-state index in [1.165, 1.54) is 4.68 Å². The van der Waals surface area contributed by atoms with E-state index < -0.39 is 6.04 Å². The van der Waals surface area contributed by atoms with E-state index in [2.05, 4.69) is 10.4 Å². The maximum absolute atomic E-state index is 13.4. The van der Waals surface area contributed by atoms with Crippen LogP contribution in [-0.4, -0.2) is 29.9 Å². The highest BCUT2D eigenvalue weighted by Crippen LogP contribution is 2.33. The molecule has 0 aliphatic heterocycles. The van der Waals surface area contributed by atoms with Crippen LogP contribution in [0.1, 0.15) is 30.6 Å². The Kier molecular flexibility index (Phi) is 6.14. The molecule has 0 saturated heterocycles. The number of methoxy groups -OCH3 is 2. The fourth-order valence-electron chi connectivity index (χ4n) is 3.95. The van der Waals surface area contributed by atoms with Crippen molar-refractivity contribution >= 4 is 37.4 Å². The second-order valence-corrected chi connectivity index (χ2v) is 8.48. The van der Waals surface area contributed by atoms with Crippen molar-refractivity contribution in [2.45, 2.75) is 32.9 Å². The number of carbonyl (C=O) groups excluding carboxylic acids is 1. The molecule has 8 heteroatoms. The number of hydrogen-bond acceptors (Lipinski definition) is 6. The first-order chi connectivity index (χ1) is 15.5. The molecule has 0 aliphatic rings. The van der Waals surface area contributed by atoms with Crippen LogP contribution >= 0.6 is 11.3 Å². The number of aryl methyl sites for hydroxylation is 1. The number of benzene rings is 2. The Labute approximate surface area is 189 Å². The Morgan fingerprint density at radius 2 is 1.94 bits per heavy atom. The molecular weight excluding hydrogens is 426 g/mol. The van der Waals surface area contributed by atoms with E-state index in [1.807, 2.05) is 50.2 Å². The zero-order valence-corrected chi connectivity index (χ0v) is 19.3. The van der Waals surface area contributed by atoms with Gasteiger partial charge in [-0.15, -0.1) is 11.3 Å². The van der Waals surface area contributed by atoms with Gasteiger partial charge in [0, 0.05) is 22.2 Å². The third-order valence-electron chi connectivity index (χ3n) is 5.53. The van der Waals surface area contributed by atoms with E-state index in [0.29, 0.717) is 23.3 Å². The number of nitrogens with zero attached hydrogens (tertiary/aromatic N) is 2. The van der Waals surface area contributed by atoms with Gasteiger partial charge in [0.15, 0.2) is 11.5 Å². The summed E-state index contributed by atoms with van der Waals surface area (Å²) in [5.74, 6) is 0.889. The van der Waals surface area contributed by atoms with Gasteiger partial charge >= 0.3 is 0 Å². The predicted octanol–water partition coefficient (Wildman–Crippen LogP) is 4.20. The van der Waals surface area contributed by atoms with Crippen molar-refractivity contribution in [2.24, 2.45) is 0 Å². The normalized spacial score (nSPS) is 12.1. The first-order valence-electron chi connectivity index (χ1n) is 10.4. The maximum Gasteiger partial charge on any atom is 0.276 e. The van der Waals surface area contributed by atoms with Gasteiger partial charge in [0.1, 0.15) is 6.04 Å². The first-order valence-corrected chi connectivity index (χ1v) is 11.2. The van der Waals surface area contributed by atoms with E-state index in [0.717, 1.165) is 26.0 Å². The van der Waals surface area contributed by atoms with Crippen LogP contribution in [0.25, 0.3) is 20.2 Å². The Balaban J connectivity index is 1.68. The van der Waals surface area contributed by atoms with Crippen LogP contribution in [0.3, 0.4) is 0 Å². The summed E-state index contributed by atoms with van der Waals surface area (Å²) in [4.78, 5) is 26.5. The number of aromatic nitrogens is 2. The van der Waals surface area contributed by atoms with Gasteiger partial charge in [0.05, 0.1) is 30.0 Å². The molecule has 0 radical (unpaired) electrons. The van der Waals surface area contributed by atoms with Crippen molar-refractivity contribution in [1.82, 2.24) is 15.1 Å². The zero-order valence-electron chi connectivity index (χ0n) is 18.5. The van der Waals surface area contributed by atoms with Gasteiger partial charge in [0.25, 0.3) is 5.56 Å². The topological polar surface area (TPSA) is 82.4 Å². The van der Waals surface area contributed by atoms with Crippen LogP contribution in [0.15, 0.2) is 47.3 Å². The van der Waals surface area contributed by atoms with Crippen LogP contribution in [0, 0.1) is 6.92 Å². The van der Waals surface area contributed by atoms with E-state index in [-0.39, 0.29) is 18.0 Å². The molecule has 1 unspecified atom stereocenters. The number of amides is 1. The number of nitrogens with one attached hydrogen (secondary N) is 1. The lowest BCUT2D eigenvalue weighted by molar-refractivity contribution is -0.125. The van der Waals surface area contributed by atoms with Gasteiger partial charge < -0.3 is 14.8 Å². The highest BCUT2D eigenvalue weighted by Gasteiger charge is 2.24. The number of ether oxygens (including phenoxy) is 2. The molecule has 2 heterocycles. The van der Waals surface area contributed by atoms with Crippen molar-refractivity contribution < 1.29 is 14.3 Å². The minimum atomic E-state index is -0.721. The number of hydrogen-bond donors (Lipinski definition) is 1. The lowest BCUT2D eigenvalue weighted by atomic mass is 10.1. The van der Waals surface area contributed by atoms with E-state index in [1.54, 1.807) is 31.6 Å². The Morgan fingerprint density at radius 1 is 1.16 bits per heavy atom. The third-order valence-corrected chi connectivity index (χ3v) is 6.81. The van der Waals surface area contributed by atoms with Gasteiger partial charge in [-0.25, -0.2) is 4.68 Å². The van der Waals surface area contributed by atoms with Crippen molar-refractivity contribution in [1.29, 1.82) is 0 Å². The summed E-state index contributed by atoms with van der Waals surface area (Å²) in [6, 6.07) is 12.6. The monoisotopic (exact) mass is 451 g/mol. The molecule has 0 fully saturated rings. The molecule has 0 bridgehead atoms. The average Bonchev–Trinajstić information content (AvgIpc) is 3.21. The summed E-state index contributed by atoms with van der Waals surface area (Å²) in [6.07, 6.45) is 0.432. The molecule has 7 nitrogen and oxygen atoms in total. The number of para-hydroxylation sites is 1. The predicted molar refractivity (Wildman–Crippen MR) is 127 cm³/mol. The van der Waals surface area contributed by atoms with E-state index in [4.69, 9.17) is 9.47 Å². The number of fused-ring (bicyclic) bond motifs is 3. The summed E-state index contributed by atoms with van der Waals surface area (Å²) in [5.41, 5.74) is 1.27. The van der Waals surface area contributed by atoms with Crippen molar-refractivity contribution in [3.05, 3.63) is 64.1 Å². The molecule has 1 N–H and O–H groups in total. The van der Waals surface area contributed by atoms with Crippen LogP contribution < -0.4 is 20.3 Å². The Bertz CT molecular complexity index is 1360.